The lowest BCUT2D eigenvalue weighted by Gasteiger charge is -2.33. The van der Waals surface area contributed by atoms with Gasteiger partial charge >= 0.3 is 6.03 Å². The third-order valence-corrected chi connectivity index (χ3v) is 2.57. The SMILES string of the molecule is CCCCNC(=O)N1CCNCC1C. The largest absolute Gasteiger partial charge is 0.338 e. The molecule has 0 radical (unpaired) electrons. The first-order valence-corrected chi connectivity index (χ1v) is 5.51. The number of rotatable bonds is 3. The van der Waals surface area contributed by atoms with E-state index in [1.165, 1.54) is 0 Å². The molecule has 1 aliphatic rings. The van der Waals surface area contributed by atoms with Crippen LogP contribution in [0.4, 0.5) is 4.79 Å². The first kappa shape index (κ1) is 11.3. The van der Waals surface area contributed by atoms with E-state index in [2.05, 4.69) is 24.5 Å². The van der Waals surface area contributed by atoms with Crippen molar-refractivity contribution in [1.82, 2.24) is 15.5 Å². The van der Waals surface area contributed by atoms with E-state index < -0.39 is 0 Å². The van der Waals surface area contributed by atoms with Crippen LogP contribution < -0.4 is 10.6 Å². The molecule has 1 unspecified atom stereocenters. The lowest BCUT2D eigenvalue weighted by molar-refractivity contribution is 0.164. The lowest BCUT2D eigenvalue weighted by atomic mass is 10.2. The molecule has 4 nitrogen and oxygen atoms in total. The van der Waals surface area contributed by atoms with E-state index in [0.29, 0.717) is 6.04 Å². The summed E-state index contributed by atoms with van der Waals surface area (Å²) in [6, 6.07) is 0.401. The molecule has 0 bridgehead atoms. The Morgan fingerprint density at radius 2 is 2.43 bits per heavy atom. The van der Waals surface area contributed by atoms with Crippen molar-refractivity contribution >= 4 is 6.03 Å². The zero-order valence-electron chi connectivity index (χ0n) is 9.18. The van der Waals surface area contributed by atoms with E-state index >= 15 is 0 Å². The quantitative estimate of drug-likeness (QED) is 0.660. The Hall–Kier alpha value is -0.770. The van der Waals surface area contributed by atoms with Crippen LogP contribution in [0.2, 0.25) is 0 Å². The van der Waals surface area contributed by atoms with E-state index in [9.17, 15) is 4.79 Å². The number of unbranched alkanes of at least 4 members (excludes halogenated alkanes) is 1. The van der Waals surface area contributed by atoms with E-state index in [1.807, 2.05) is 4.90 Å². The van der Waals surface area contributed by atoms with E-state index in [4.69, 9.17) is 0 Å². The molecule has 1 atom stereocenters. The second-order valence-electron chi connectivity index (χ2n) is 3.83. The Balaban J connectivity index is 2.27. The van der Waals surface area contributed by atoms with Crippen LogP contribution in [0.3, 0.4) is 0 Å². The van der Waals surface area contributed by atoms with Crippen molar-refractivity contribution in [2.75, 3.05) is 26.2 Å². The molecule has 0 aromatic carbocycles. The monoisotopic (exact) mass is 199 g/mol. The standard InChI is InChI=1S/C10H21N3O/c1-3-4-5-12-10(14)13-7-6-11-8-9(13)2/h9,11H,3-8H2,1-2H3,(H,12,14). The van der Waals surface area contributed by atoms with Gasteiger partial charge in [-0.05, 0) is 13.3 Å². The topological polar surface area (TPSA) is 44.4 Å². The highest BCUT2D eigenvalue weighted by Gasteiger charge is 2.21. The van der Waals surface area contributed by atoms with Crippen LogP contribution >= 0.6 is 0 Å². The average Bonchev–Trinajstić information content (AvgIpc) is 2.18. The first-order valence-electron chi connectivity index (χ1n) is 5.51. The van der Waals surface area contributed by atoms with Gasteiger partial charge in [-0.3, -0.25) is 0 Å². The molecule has 0 spiro atoms. The number of nitrogens with zero attached hydrogens (tertiary/aromatic N) is 1. The number of hydrogen-bond acceptors (Lipinski definition) is 2. The second-order valence-corrected chi connectivity index (χ2v) is 3.83. The predicted octanol–water partition coefficient (Wildman–Crippen LogP) is 0.790. The van der Waals surface area contributed by atoms with Gasteiger partial charge in [-0.25, -0.2) is 4.79 Å². The maximum atomic E-state index is 11.7. The maximum absolute atomic E-state index is 11.7. The molecular formula is C10H21N3O. The highest BCUT2D eigenvalue weighted by molar-refractivity contribution is 5.74. The fraction of sp³-hybridized carbons (Fsp3) is 0.900. The summed E-state index contributed by atoms with van der Waals surface area (Å²) in [6.45, 7) is 7.63. The summed E-state index contributed by atoms with van der Waals surface area (Å²) in [5.41, 5.74) is 0. The minimum Gasteiger partial charge on any atom is -0.338 e. The Bertz CT molecular complexity index is 184. The van der Waals surface area contributed by atoms with Crippen molar-refractivity contribution in [3.63, 3.8) is 0 Å². The highest BCUT2D eigenvalue weighted by Crippen LogP contribution is 2.02. The van der Waals surface area contributed by atoms with Gasteiger partial charge in [-0.15, -0.1) is 0 Å². The molecule has 2 amide bonds. The number of urea groups is 1. The second kappa shape index (κ2) is 5.86. The number of piperazine rings is 1. The summed E-state index contributed by atoms with van der Waals surface area (Å²) in [5.74, 6) is 0. The Kier molecular flexibility index (Phi) is 4.73. The first-order chi connectivity index (χ1) is 6.75. The highest BCUT2D eigenvalue weighted by atomic mass is 16.2. The molecule has 0 aliphatic carbocycles. The molecule has 0 saturated carbocycles. The minimum absolute atomic E-state index is 0.0902. The van der Waals surface area contributed by atoms with E-state index in [0.717, 1.165) is 39.0 Å². The number of amides is 2. The third-order valence-electron chi connectivity index (χ3n) is 2.57. The molecule has 1 aliphatic heterocycles. The molecular weight excluding hydrogens is 178 g/mol. The smallest absolute Gasteiger partial charge is 0.317 e. The van der Waals surface area contributed by atoms with Crippen molar-refractivity contribution in [3.8, 4) is 0 Å². The van der Waals surface area contributed by atoms with Crippen molar-refractivity contribution < 1.29 is 4.79 Å². The molecule has 0 aromatic rings. The van der Waals surface area contributed by atoms with Crippen molar-refractivity contribution in [3.05, 3.63) is 0 Å². The molecule has 1 saturated heterocycles. The van der Waals surface area contributed by atoms with Crippen LogP contribution in [0.1, 0.15) is 26.7 Å². The van der Waals surface area contributed by atoms with Gasteiger partial charge in [0.1, 0.15) is 0 Å². The van der Waals surface area contributed by atoms with Crippen LogP contribution in [-0.2, 0) is 0 Å². The average molecular weight is 199 g/mol. The Labute approximate surface area is 86.0 Å². The molecule has 0 aromatic heterocycles. The molecule has 14 heavy (non-hydrogen) atoms. The molecule has 1 rings (SSSR count). The van der Waals surface area contributed by atoms with Crippen LogP contribution in [-0.4, -0.2) is 43.2 Å². The van der Waals surface area contributed by atoms with Crippen molar-refractivity contribution in [1.29, 1.82) is 0 Å². The Morgan fingerprint density at radius 1 is 1.64 bits per heavy atom. The normalized spacial score (nSPS) is 22.1. The number of nitrogens with one attached hydrogen (secondary N) is 2. The summed E-state index contributed by atoms with van der Waals surface area (Å²) in [5, 5.41) is 6.21. The van der Waals surface area contributed by atoms with E-state index in [-0.39, 0.29) is 6.03 Å². The van der Waals surface area contributed by atoms with Crippen LogP contribution in [0, 0.1) is 0 Å². The third kappa shape index (κ3) is 3.18. The van der Waals surface area contributed by atoms with Crippen molar-refractivity contribution in [2.45, 2.75) is 32.7 Å². The van der Waals surface area contributed by atoms with Crippen LogP contribution in [0.25, 0.3) is 0 Å². The summed E-state index contributed by atoms with van der Waals surface area (Å²) in [4.78, 5) is 13.6. The van der Waals surface area contributed by atoms with Gasteiger partial charge in [0.15, 0.2) is 0 Å². The number of carbonyl (C=O) groups excluding carboxylic acids is 1. The molecule has 4 heteroatoms. The molecule has 2 N–H and O–H groups in total. The number of carbonyl (C=O) groups is 1. The lowest BCUT2D eigenvalue weighted by Crippen LogP contribution is -2.55. The predicted molar refractivity (Wildman–Crippen MR) is 57.3 cm³/mol. The van der Waals surface area contributed by atoms with Gasteiger partial charge in [0.2, 0.25) is 0 Å². The van der Waals surface area contributed by atoms with Gasteiger partial charge in [0.05, 0.1) is 0 Å². The van der Waals surface area contributed by atoms with Gasteiger partial charge in [0, 0.05) is 32.2 Å². The number of hydrogen-bond donors (Lipinski definition) is 2. The van der Waals surface area contributed by atoms with Gasteiger partial charge < -0.3 is 15.5 Å². The van der Waals surface area contributed by atoms with Crippen LogP contribution in [0.15, 0.2) is 0 Å². The maximum Gasteiger partial charge on any atom is 0.317 e. The zero-order chi connectivity index (χ0) is 10.4. The summed E-state index contributed by atoms with van der Waals surface area (Å²) in [7, 11) is 0. The molecule has 1 heterocycles. The summed E-state index contributed by atoms with van der Waals surface area (Å²) < 4.78 is 0. The summed E-state index contributed by atoms with van der Waals surface area (Å²) >= 11 is 0. The zero-order valence-corrected chi connectivity index (χ0v) is 9.18. The fourth-order valence-electron chi connectivity index (χ4n) is 1.62. The van der Waals surface area contributed by atoms with Crippen molar-refractivity contribution in [2.24, 2.45) is 0 Å². The fourth-order valence-corrected chi connectivity index (χ4v) is 1.62. The van der Waals surface area contributed by atoms with E-state index in [1.54, 1.807) is 0 Å². The van der Waals surface area contributed by atoms with Gasteiger partial charge in [0.25, 0.3) is 0 Å². The Morgan fingerprint density at radius 3 is 3.07 bits per heavy atom. The summed E-state index contributed by atoms with van der Waals surface area (Å²) in [6.07, 6.45) is 2.18. The van der Waals surface area contributed by atoms with Gasteiger partial charge in [-0.2, -0.15) is 0 Å². The van der Waals surface area contributed by atoms with Crippen LogP contribution in [0.5, 0.6) is 0 Å². The molecule has 82 valence electrons. The minimum atomic E-state index is 0.0902. The molecule has 1 fully saturated rings. The van der Waals surface area contributed by atoms with Gasteiger partial charge in [-0.1, -0.05) is 13.3 Å².